The number of aliphatic hydroxyl groups is 1. The van der Waals surface area contributed by atoms with Gasteiger partial charge in [0.1, 0.15) is 0 Å². The van der Waals surface area contributed by atoms with E-state index in [-0.39, 0.29) is 6.61 Å². The van der Waals surface area contributed by atoms with Crippen molar-refractivity contribution in [3.8, 4) is 0 Å². The first kappa shape index (κ1) is 8.50. The molecule has 0 aliphatic heterocycles. The average molecular weight is 130 g/mol. The monoisotopic (exact) mass is 130 g/mol. The Balaban J connectivity index is 2.75. The van der Waals surface area contributed by atoms with Crippen LogP contribution in [-0.2, 0) is 4.74 Å². The summed E-state index contributed by atoms with van der Waals surface area (Å²) in [4.78, 5) is 0. The van der Waals surface area contributed by atoms with E-state index in [1.54, 1.807) is 6.26 Å². The van der Waals surface area contributed by atoms with Gasteiger partial charge >= 0.3 is 0 Å². The van der Waals surface area contributed by atoms with E-state index in [0.717, 1.165) is 12.8 Å². The number of unbranched alkanes of at least 4 members (excludes halogenated alkanes) is 1. The van der Waals surface area contributed by atoms with Gasteiger partial charge in [-0.25, -0.2) is 0 Å². The molecular weight excluding hydrogens is 116 g/mol. The third-order valence-corrected chi connectivity index (χ3v) is 0.903. The van der Waals surface area contributed by atoms with Gasteiger partial charge in [0.2, 0.25) is 0 Å². The van der Waals surface area contributed by atoms with E-state index in [1.807, 2.05) is 13.0 Å². The summed E-state index contributed by atoms with van der Waals surface area (Å²) in [7, 11) is 0. The van der Waals surface area contributed by atoms with Crippen LogP contribution in [0, 0.1) is 0 Å². The van der Waals surface area contributed by atoms with Gasteiger partial charge in [-0.2, -0.15) is 0 Å². The number of ether oxygens (including phenoxy) is 1. The Kier molecular flexibility index (Phi) is 7.08. The van der Waals surface area contributed by atoms with E-state index < -0.39 is 0 Å². The maximum Gasteiger partial charge on any atom is 0.0874 e. The lowest BCUT2D eigenvalue weighted by molar-refractivity contribution is 0.218. The highest BCUT2D eigenvalue weighted by Crippen LogP contribution is 1.88. The van der Waals surface area contributed by atoms with E-state index in [0.29, 0.717) is 6.61 Å². The Labute approximate surface area is 56.1 Å². The van der Waals surface area contributed by atoms with E-state index in [2.05, 4.69) is 0 Å². The van der Waals surface area contributed by atoms with Crippen LogP contribution in [-0.4, -0.2) is 18.3 Å². The predicted molar refractivity (Wildman–Crippen MR) is 37.1 cm³/mol. The van der Waals surface area contributed by atoms with Crippen molar-refractivity contribution in [1.82, 2.24) is 0 Å². The number of hydrogen-bond donors (Lipinski definition) is 1. The molecule has 0 aliphatic rings. The van der Waals surface area contributed by atoms with Crippen molar-refractivity contribution < 1.29 is 9.84 Å². The molecule has 0 saturated carbocycles. The fraction of sp³-hybridized carbons (Fsp3) is 0.714. The molecule has 0 unspecified atom stereocenters. The maximum absolute atomic E-state index is 8.35. The fourth-order valence-electron chi connectivity index (χ4n) is 0.461. The lowest BCUT2D eigenvalue weighted by atomic mass is 10.3. The maximum atomic E-state index is 8.35. The van der Waals surface area contributed by atoms with E-state index in [9.17, 15) is 0 Å². The van der Waals surface area contributed by atoms with Crippen LogP contribution in [0.1, 0.15) is 19.8 Å². The van der Waals surface area contributed by atoms with Crippen molar-refractivity contribution >= 4 is 0 Å². The summed E-state index contributed by atoms with van der Waals surface area (Å²) in [5.41, 5.74) is 0. The summed E-state index contributed by atoms with van der Waals surface area (Å²) in [6.07, 6.45) is 5.27. The molecule has 54 valence electrons. The molecule has 2 heteroatoms. The van der Waals surface area contributed by atoms with Crippen LogP contribution < -0.4 is 0 Å². The molecule has 0 aliphatic carbocycles. The van der Waals surface area contributed by atoms with Crippen molar-refractivity contribution in [3.63, 3.8) is 0 Å². The molecule has 0 saturated heterocycles. The molecule has 0 bridgehead atoms. The summed E-state index contributed by atoms with van der Waals surface area (Å²) in [6, 6.07) is 0. The lowest BCUT2D eigenvalue weighted by Gasteiger charge is -1.96. The smallest absolute Gasteiger partial charge is 0.0874 e. The van der Waals surface area contributed by atoms with E-state index in [4.69, 9.17) is 9.84 Å². The van der Waals surface area contributed by atoms with Gasteiger partial charge in [-0.3, -0.25) is 0 Å². The zero-order valence-electron chi connectivity index (χ0n) is 5.84. The second kappa shape index (κ2) is 7.50. The lowest BCUT2D eigenvalue weighted by Crippen LogP contribution is -1.89. The van der Waals surface area contributed by atoms with E-state index in [1.165, 1.54) is 0 Å². The number of rotatable bonds is 5. The molecule has 0 fully saturated rings. The van der Waals surface area contributed by atoms with Gasteiger partial charge < -0.3 is 9.84 Å². The third-order valence-electron chi connectivity index (χ3n) is 0.903. The largest absolute Gasteiger partial charge is 0.502 e. The molecular formula is C7H14O2. The predicted octanol–water partition coefficient (Wildman–Crippen LogP) is 1.31. The summed E-state index contributed by atoms with van der Waals surface area (Å²) in [5, 5.41) is 8.35. The van der Waals surface area contributed by atoms with Gasteiger partial charge in [0.05, 0.1) is 12.9 Å². The summed E-state index contributed by atoms with van der Waals surface area (Å²) >= 11 is 0. The van der Waals surface area contributed by atoms with Crippen molar-refractivity contribution in [3.05, 3.63) is 12.3 Å². The van der Waals surface area contributed by atoms with Crippen molar-refractivity contribution in [2.24, 2.45) is 0 Å². The molecule has 9 heavy (non-hydrogen) atoms. The first-order valence-corrected chi connectivity index (χ1v) is 3.25. The topological polar surface area (TPSA) is 29.5 Å². The van der Waals surface area contributed by atoms with Crippen LogP contribution in [0.15, 0.2) is 12.3 Å². The van der Waals surface area contributed by atoms with Gasteiger partial charge in [0.15, 0.2) is 0 Å². The summed E-state index contributed by atoms with van der Waals surface area (Å²) < 4.78 is 4.99. The molecule has 1 N–H and O–H groups in total. The second-order valence-electron chi connectivity index (χ2n) is 1.77. The molecule has 0 spiro atoms. The van der Waals surface area contributed by atoms with Crippen LogP contribution in [0.4, 0.5) is 0 Å². The van der Waals surface area contributed by atoms with Crippen molar-refractivity contribution in [1.29, 1.82) is 0 Å². The van der Waals surface area contributed by atoms with E-state index >= 15 is 0 Å². The Morgan fingerprint density at radius 1 is 1.44 bits per heavy atom. The molecule has 0 aromatic heterocycles. The quantitative estimate of drug-likeness (QED) is 0.449. The van der Waals surface area contributed by atoms with Gasteiger partial charge in [0, 0.05) is 6.61 Å². The van der Waals surface area contributed by atoms with Gasteiger partial charge in [-0.05, 0) is 19.8 Å². The standard InChI is InChI=1S/C7H14O2/c1-2-6-9-7-4-3-5-8/h2,6,8H,3-5,7H2,1H3/b6-2+. The van der Waals surface area contributed by atoms with Crippen LogP contribution in [0.3, 0.4) is 0 Å². The molecule has 2 nitrogen and oxygen atoms in total. The molecule has 0 amide bonds. The first-order valence-electron chi connectivity index (χ1n) is 3.25. The van der Waals surface area contributed by atoms with Crippen LogP contribution >= 0.6 is 0 Å². The summed E-state index contributed by atoms with van der Waals surface area (Å²) in [6.45, 7) is 2.89. The average Bonchev–Trinajstić information content (AvgIpc) is 1.89. The number of allylic oxidation sites excluding steroid dienone is 1. The van der Waals surface area contributed by atoms with Crippen LogP contribution in [0.2, 0.25) is 0 Å². The zero-order valence-corrected chi connectivity index (χ0v) is 5.84. The molecule has 0 rings (SSSR count). The molecule has 0 atom stereocenters. The Bertz CT molecular complexity index is 69.3. The van der Waals surface area contributed by atoms with Crippen LogP contribution in [0.25, 0.3) is 0 Å². The highest BCUT2D eigenvalue weighted by atomic mass is 16.5. The minimum atomic E-state index is 0.263. The minimum Gasteiger partial charge on any atom is -0.502 e. The Hall–Kier alpha value is -0.500. The fourth-order valence-corrected chi connectivity index (χ4v) is 0.461. The van der Waals surface area contributed by atoms with Crippen molar-refractivity contribution in [2.45, 2.75) is 19.8 Å². The Morgan fingerprint density at radius 3 is 2.78 bits per heavy atom. The normalized spacial score (nSPS) is 10.4. The molecule has 0 heterocycles. The van der Waals surface area contributed by atoms with Gasteiger partial charge in [-0.1, -0.05) is 6.08 Å². The number of hydrogen-bond acceptors (Lipinski definition) is 2. The second-order valence-corrected chi connectivity index (χ2v) is 1.77. The minimum absolute atomic E-state index is 0.263. The van der Waals surface area contributed by atoms with Crippen molar-refractivity contribution in [2.75, 3.05) is 13.2 Å². The number of aliphatic hydroxyl groups excluding tert-OH is 1. The van der Waals surface area contributed by atoms with Crippen LogP contribution in [0.5, 0.6) is 0 Å². The molecule has 0 radical (unpaired) electrons. The SMILES string of the molecule is C/C=C/OCCCCO. The first-order chi connectivity index (χ1) is 4.41. The molecule has 0 aromatic rings. The summed E-state index contributed by atoms with van der Waals surface area (Å²) in [5.74, 6) is 0. The zero-order chi connectivity index (χ0) is 6.95. The van der Waals surface area contributed by atoms with Gasteiger partial charge in [0.25, 0.3) is 0 Å². The highest BCUT2D eigenvalue weighted by Gasteiger charge is 1.82. The molecule has 0 aromatic carbocycles. The van der Waals surface area contributed by atoms with Gasteiger partial charge in [-0.15, -0.1) is 0 Å². The third kappa shape index (κ3) is 7.50. The Morgan fingerprint density at radius 2 is 2.22 bits per heavy atom. The highest BCUT2D eigenvalue weighted by molar-refractivity contribution is 4.64.